The maximum absolute atomic E-state index is 2.45. The Bertz CT molecular complexity index is 568. The zero-order valence-corrected chi connectivity index (χ0v) is 11.1. The lowest BCUT2D eigenvalue weighted by atomic mass is 10.0. The van der Waals surface area contributed by atoms with Crippen LogP contribution < -0.4 is 4.90 Å². The third-order valence-corrected chi connectivity index (χ3v) is 3.90. The van der Waals surface area contributed by atoms with Gasteiger partial charge in [0.15, 0.2) is 0 Å². The van der Waals surface area contributed by atoms with E-state index in [2.05, 4.69) is 61.2 Å². The number of benzene rings is 2. The number of anilines is 1. The first-order valence-electron chi connectivity index (χ1n) is 6.80. The third kappa shape index (κ3) is 1.62. The van der Waals surface area contributed by atoms with E-state index in [1.54, 1.807) is 0 Å². The van der Waals surface area contributed by atoms with Gasteiger partial charge < -0.3 is 4.90 Å². The summed E-state index contributed by atoms with van der Waals surface area (Å²) in [7, 11) is 0. The monoisotopic (exact) mass is 237 g/mol. The normalized spacial score (nSPS) is 12.1. The van der Waals surface area contributed by atoms with Crippen molar-refractivity contribution in [3.05, 3.63) is 53.6 Å². The fourth-order valence-corrected chi connectivity index (χ4v) is 3.00. The van der Waals surface area contributed by atoms with Crippen LogP contribution in [-0.2, 0) is 6.42 Å². The molecule has 0 aromatic heterocycles. The highest BCUT2D eigenvalue weighted by Crippen LogP contribution is 2.42. The van der Waals surface area contributed by atoms with Gasteiger partial charge in [-0.1, -0.05) is 36.4 Å². The summed E-state index contributed by atoms with van der Waals surface area (Å²) in [6.07, 6.45) is 1.08. The van der Waals surface area contributed by atoms with Gasteiger partial charge in [0.2, 0.25) is 0 Å². The number of rotatable bonds is 3. The van der Waals surface area contributed by atoms with E-state index in [9.17, 15) is 0 Å². The lowest BCUT2D eigenvalue weighted by molar-refractivity contribution is 0.867. The molecule has 0 atom stereocenters. The second-order valence-corrected chi connectivity index (χ2v) is 4.82. The molecular weight excluding hydrogens is 218 g/mol. The summed E-state index contributed by atoms with van der Waals surface area (Å²) in [5.74, 6) is 0. The molecule has 92 valence electrons. The molecule has 0 radical (unpaired) electrons. The van der Waals surface area contributed by atoms with Crippen LogP contribution in [0.2, 0.25) is 0 Å². The Hall–Kier alpha value is -1.76. The smallest absolute Gasteiger partial charge is 0.0448 e. The molecule has 1 heteroatoms. The average Bonchev–Trinajstić information content (AvgIpc) is 2.79. The number of nitrogens with zero attached hydrogens (tertiary/aromatic N) is 1. The zero-order chi connectivity index (χ0) is 12.5. The van der Waals surface area contributed by atoms with Crippen LogP contribution in [0.4, 0.5) is 5.69 Å². The molecule has 0 spiro atoms. The van der Waals surface area contributed by atoms with E-state index in [4.69, 9.17) is 0 Å². The largest absolute Gasteiger partial charge is 0.372 e. The van der Waals surface area contributed by atoms with Gasteiger partial charge in [-0.05, 0) is 43.0 Å². The Morgan fingerprint density at radius 3 is 2.39 bits per heavy atom. The molecule has 0 fully saturated rings. The fraction of sp³-hybridized carbons (Fsp3) is 0.294. The molecule has 2 aromatic carbocycles. The minimum atomic E-state index is 1.06. The van der Waals surface area contributed by atoms with E-state index in [1.807, 2.05) is 0 Å². The summed E-state index contributed by atoms with van der Waals surface area (Å²) in [4.78, 5) is 2.45. The maximum Gasteiger partial charge on any atom is 0.0448 e. The molecule has 3 rings (SSSR count). The summed E-state index contributed by atoms with van der Waals surface area (Å²) in [6, 6.07) is 15.5. The van der Waals surface area contributed by atoms with Gasteiger partial charge in [0.1, 0.15) is 0 Å². The van der Waals surface area contributed by atoms with Crippen molar-refractivity contribution in [1.82, 2.24) is 0 Å². The second kappa shape index (κ2) is 4.49. The summed E-state index contributed by atoms with van der Waals surface area (Å²) in [5, 5.41) is 0. The van der Waals surface area contributed by atoms with Gasteiger partial charge in [0, 0.05) is 24.3 Å². The van der Waals surface area contributed by atoms with Crippen LogP contribution in [0.1, 0.15) is 25.0 Å². The van der Waals surface area contributed by atoms with E-state index in [0.29, 0.717) is 0 Å². The lowest BCUT2D eigenvalue weighted by Crippen LogP contribution is -2.22. The lowest BCUT2D eigenvalue weighted by Gasteiger charge is -2.24. The van der Waals surface area contributed by atoms with Gasteiger partial charge >= 0.3 is 0 Å². The number of fused-ring (bicyclic) bond motifs is 3. The van der Waals surface area contributed by atoms with Crippen LogP contribution in [0.5, 0.6) is 0 Å². The first-order chi connectivity index (χ1) is 8.85. The van der Waals surface area contributed by atoms with E-state index in [-0.39, 0.29) is 0 Å². The van der Waals surface area contributed by atoms with Crippen molar-refractivity contribution in [2.75, 3.05) is 18.0 Å². The number of hydrogen-bond acceptors (Lipinski definition) is 1. The quantitative estimate of drug-likeness (QED) is 0.662. The van der Waals surface area contributed by atoms with E-state index < -0.39 is 0 Å². The van der Waals surface area contributed by atoms with Crippen molar-refractivity contribution in [2.24, 2.45) is 0 Å². The van der Waals surface area contributed by atoms with E-state index in [0.717, 1.165) is 19.5 Å². The van der Waals surface area contributed by atoms with Crippen molar-refractivity contribution in [1.29, 1.82) is 0 Å². The van der Waals surface area contributed by atoms with E-state index in [1.165, 1.54) is 27.9 Å². The Balaban J connectivity index is 2.19. The van der Waals surface area contributed by atoms with Crippen LogP contribution in [-0.4, -0.2) is 13.1 Å². The molecule has 2 aromatic rings. The minimum absolute atomic E-state index is 1.06. The predicted molar refractivity (Wildman–Crippen MR) is 78.2 cm³/mol. The predicted octanol–water partition coefficient (Wildman–Crippen LogP) is 4.10. The van der Waals surface area contributed by atoms with Crippen molar-refractivity contribution < 1.29 is 0 Å². The highest BCUT2D eigenvalue weighted by molar-refractivity contribution is 5.87. The van der Waals surface area contributed by atoms with Crippen LogP contribution in [0.3, 0.4) is 0 Å². The molecule has 0 saturated carbocycles. The average molecular weight is 237 g/mol. The molecule has 18 heavy (non-hydrogen) atoms. The van der Waals surface area contributed by atoms with Crippen LogP contribution in [0, 0.1) is 0 Å². The van der Waals surface area contributed by atoms with Crippen molar-refractivity contribution in [3.63, 3.8) is 0 Å². The zero-order valence-electron chi connectivity index (χ0n) is 11.1. The highest BCUT2D eigenvalue weighted by Gasteiger charge is 2.22. The van der Waals surface area contributed by atoms with Crippen molar-refractivity contribution >= 4 is 5.69 Å². The second-order valence-electron chi connectivity index (χ2n) is 4.82. The molecule has 1 aliphatic carbocycles. The summed E-state index contributed by atoms with van der Waals surface area (Å²) < 4.78 is 0. The molecule has 1 nitrogen and oxygen atoms in total. The van der Waals surface area contributed by atoms with Crippen LogP contribution >= 0.6 is 0 Å². The number of hydrogen-bond donors (Lipinski definition) is 0. The molecule has 0 amide bonds. The summed E-state index contributed by atoms with van der Waals surface area (Å²) in [5.41, 5.74) is 7.21. The fourth-order valence-electron chi connectivity index (χ4n) is 3.00. The van der Waals surface area contributed by atoms with Gasteiger partial charge in [0.05, 0.1) is 0 Å². The van der Waals surface area contributed by atoms with Crippen molar-refractivity contribution in [2.45, 2.75) is 20.3 Å². The van der Waals surface area contributed by atoms with Gasteiger partial charge in [-0.25, -0.2) is 0 Å². The standard InChI is InChI=1S/C17H19N/c1-3-18(4-2)16-11-7-9-14-12-13-8-5-6-10-15(13)17(14)16/h5-11H,3-4,12H2,1-2H3. The van der Waals surface area contributed by atoms with Crippen LogP contribution in [0.15, 0.2) is 42.5 Å². The molecule has 0 N–H and O–H groups in total. The SMILES string of the molecule is CCN(CC)c1cccc2c1-c1ccccc1C2. The topological polar surface area (TPSA) is 3.24 Å². The molecule has 0 unspecified atom stereocenters. The third-order valence-electron chi connectivity index (χ3n) is 3.90. The minimum Gasteiger partial charge on any atom is -0.372 e. The molecular formula is C17H19N. The van der Waals surface area contributed by atoms with Gasteiger partial charge in [0.25, 0.3) is 0 Å². The molecule has 0 aliphatic heterocycles. The molecule has 0 bridgehead atoms. The Morgan fingerprint density at radius 1 is 0.889 bits per heavy atom. The van der Waals surface area contributed by atoms with Gasteiger partial charge in [-0.15, -0.1) is 0 Å². The van der Waals surface area contributed by atoms with Crippen LogP contribution in [0.25, 0.3) is 11.1 Å². The molecule has 0 heterocycles. The molecule has 0 saturated heterocycles. The Kier molecular flexibility index (Phi) is 2.83. The van der Waals surface area contributed by atoms with Gasteiger partial charge in [-0.3, -0.25) is 0 Å². The van der Waals surface area contributed by atoms with Gasteiger partial charge in [-0.2, -0.15) is 0 Å². The Labute approximate surface area is 109 Å². The summed E-state index contributed by atoms with van der Waals surface area (Å²) >= 11 is 0. The summed E-state index contributed by atoms with van der Waals surface area (Å²) in [6.45, 7) is 6.58. The first kappa shape index (κ1) is 11.3. The molecule has 1 aliphatic rings. The van der Waals surface area contributed by atoms with Crippen molar-refractivity contribution in [3.8, 4) is 11.1 Å². The first-order valence-corrected chi connectivity index (χ1v) is 6.80. The highest BCUT2D eigenvalue weighted by atomic mass is 15.1. The maximum atomic E-state index is 2.45. The Morgan fingerprint density at radius 2 is 1.61 bits per heavy atom. The van der Waals surface area contributed by atoms with E-state index >= 15 is 0 Å².